The Morgan fingerprint density at radius 3 is 2.75 bits per heavy atom. The van der Waals surface area contributed by atoms with E-state index in [2.05, 4.69) is 17.0 Å². The molecule has 1 rings (SSSR count). The summed E-state index contributed by atoms with van der Waals surface area (Å²) in [7, 11) is 0. The number of rotatable bonds is 2. The van der Waals surface area contributed by atoms with Gasteiger partial charge in [0.2, 0.25) is 5.91 Å². The lowest BCUT2D eigenvalue weighted by molar-refractivity contribution is -0.114. The van der Waals surface area contributed by atoms with E-state index in [9.17, 15) is 4.79 Å². The largest absolute Gasteiger partial charge is 0.324 e. The van der Waals surface area contributed by atoms with Crippen LogP contribution < -0.4 is 5.32 Å². The van der Waals surface area contributed by atoms with Crippen molar-refractivity contribution in [3.63, 3.8) is 0 Å². The molecule has 0 saturated heterocycles. The number of nitrogens with one attached hydrogen (secondary N) is 1. The third-order valence-corrected chi connectivity index (χ3v) is 1.39. The maximum absolute atomic E-state index is 10.7. The van der Waals surface area contributed by atoms with Gasteiger partial charge in [-0.3, -0.25) is 9.79 Å². The van der Waals surface area contributed by atoms with Crippen molar-refractivity contribution >= 4 is 24.0 Å². The molecule has 12 heavy (non-hydrogen) atoms. The molecule has 0 atom stereocenters. The van der Waals surface area contributed by atoms with Crippen LogP contribution >= 0.6 is 0 Å². The Morgan fingerprint density at radius 2 is 2.17 bits per heavy atom. The fourth-order valence-corrected chi connectivity index (χ4v) is 0.907. The maximum atomic E-state index is 10.7. The van der Waals surface area contributed by atoms with Crippen molar-refractivity contribution < 1.29 is 4.79 Å². The molecule has 1 N–H and O–H groups in total. The predicted molar refractivity (Wildman–Crippen MR) is 50.0 cm³/mol. The summed E-state index contributed by atoms with van der Waals surface area (Å²) < 4.78 is 0. The molecule has 1 aromatic rings. The monoisotopic (exact) mass is 162 g/mol. The van der Waals surface area contributed by atoms with Crippen LogP contribution in [-0.4, -0.2) is 12.6 Å². The van der Waals surface area contributed by atoms with Crippen molar-refractivity contribution in [2.75, 3.05) is 5.32 Å². The molecule has 1 amide bonds. The first kappa shape index (κ1) is 8.46. The van der Waals surface area contributed by atoms with Gasteiger partial charge in [0, 0.05) is 6.92 Å². The van der Waals surface area contributed by atoms with Crippen LogP contribution in [0.1, 0.15) is 6.92 Å². The molecule has 0 bridgehead atoms. The molecule has 0 spiro atoms. The molecule has 62 valence electrons. The Balaban J connectivity index is 2.96. The predicted octanol–water partition coefficient (Wildman–Crippen LogP) is 1.98. The van der Waals surface area contributed by atoms with Gasteiger partial charge in [-0.15, -0.1) is 0 Å². The summed E-state index contributed by atoms with van der Waals surface area (Å²) in [5, 5.41) is 2.65. The molecule has 0 aromatic heterocycles. The molecule has 0 aliphatic heterocycles. The van der Waals surface area contributed by atoms with E-state index in [0.717, 1.165) is 0 Å². The maximum Gasteiger partial charge on any atom is 0.221 e. The first-order valence-corrected chi connectivity index (χ1v) is 3.57. The van der Waals surface area contributed by atoms with Gasteiger partial charge in [-0.05, 0) is 18.9 Å². The highest BCUT2D eigenvalue weighted by molar-refractivity contribution is 5.92. The number of amides is 1. The smallest absolute Gasteiger partial charge is 0.221 e. The minimum Gasteiger partial charge on any atom is -0.324 e. The Hall–Kier alpha value is -1.64. The van der Waals surface area contributed by atoms with E-state index in [1.807, 2.05) is 12.1 Å². The Kier molecular flexibility index (Phi) is 2.58. The summed E-state index contributed by atoms with van der Waals surface area (Å²) in [4.78, 5) is 14.5. The minimum absolute atomic E-state index is 0.105. The van der Waals surface area contributed by atoms with Crippen molar-refractivity contribution in [2.45, 2.75) is 6.92 Å². The molecule has 0 radical (unpaired) electrons. The number of benzene rings is 1. The highest BCUT2D eigenvalue weighted by Gasteiger charge is 1.99. The van der Waals surface area contributed by atoms with Crippen LogP contribution in [0.15, 0.2) is 29.3 Å². The van der Waals surface area contributed by atoms with Gasteiger partial charge >= 0.3 is 0 Å². The quantitative estimate of drug-likeness (QED) is 0.664. The fourth-order valence-electron chi connectivity index (χ4n) is 0.907. The highest BCUT2D eigenvalue weighted by Crippen LogP contribution is 2.22. The zero-order valence-electron chi connectivity index (χ0n) is 6.87. The van der Waals surface area contributed by atoms with E-state index in [1.54, 1.807) is 12.1 Å². The molecule has 0 fully saturated rings. The van der Waals surface area contributed by atoms with Crippen molar-refractivity contribution in [3.8, 4) is 0 Å². The summed E-state index contributed by atoms with van der Waals surface area (Å²) in [6, 6.07) is 7.25. The van der Waals surface area contributed by atoms with Gasteiger partial charge in [0.05, 0.1) is 11.4 Å². The molecule has 3 nitrogen and oxygen atoms in total. The first-order chi connectivity index (χ1) is 5.74. The van der Waals surface area contributed by atoms with Crippen molar-refractivity contribution in [1.82, 2.24) is 0 Å². The zero-order valence-corrected chi connectivity index (χ0v) is 6.87. The third kappa shape index (κ3) is 1.92. The number of nitrogens with zero attached hydrogens (tertiary/aromatic N) is 1. The van der Waals surface area contributed by atoms with Gasteiger partial charge < -0.3 is 5.32 Å². The molecule has 3 heteroatoms. The summed E-state index contributed by atoms with van der Waals surface area (Å²) in [6.45, 7) is 4.86. The molecule has 0 unspecified atom stereocenters. The van der Waals surface area contributed by atoms with Gasteiger partial charge in [0.25, 0.3) is 0 Å². The molecule has 0 aliphatic carbocycles. The third-order valence-electron chi connectivity index (χ3n) is 1.39. The number of hydrogen-bond acceptors (Lipinski definition) is 2. The first-order valence-electron chi connectivity index (χ1n) is 3.57. The minimum atomic E-state index is -0.105. The second-order valence-corrected chi connectivity index (χ2v) is 2.36. The van der Waals surface area contributed by atoms with Gasteiger partial charge in [-0.1, -0.05) is 12.1 Å². The number of carbonyl (C=O) groups excluding carboxylic acids is 1. The van der Waals surface area contributed by atoms with Crippen LogP contribution in [0.4, 0.5) is 11.4 Å². The van der Waals surface area contributed by atoms with Crippen LogP contribution in [0.3, 0.4) is 0 Å². The number of aliphatic imine (C=N–C) groups is 1. The van der Waals surface area contributed by atoms with Crippen LogP contribution in [0.2, 0.25) is 0 Å². The Bertz CT molecular complexity index is 307. The van der Waals surface area contributed by atoms with Crippen molar-refractivity contribution in [2.24, 2.45) is 4.99 Å². The number of para-hydroxylation sites is 2. The van der Waals surface area contributed by atoms with Crippen molar-refractivity contribution in [3.05, 3.63) is 24.3 Å². The van der Waals surface area contributed by atoms with E-state index in [1.165, 1.54) is 6.92 Å². The second kappa shape index (κ2) is 3.67. The van der Waals surface area contributed by atoms with E-state index >= 15 is 0 Å². The highest BCUT2D eigenvalue weighted by atomic mass is 16.1. The number of anilines is 1. The lowest BCUT2D eigenvalue weighted by Crippen LogP contribution is -2.05. The van der Waals surface area contributed by atoms with E-state index < -0.39 is 0 Å². The van der Waals surface area contributed by atoms with Gasteiger partial charge in [0.1, 0.15) is 0 Å². The zero-order chi connectivity index (χ0) is 8.97. The fraction of sp³-hybridized carbons (Fsp3) is 0.111. The van der Waals surface area contributed by atoms with E-state index in [4.69, 9.17) is 0 Å². The molecule has 0 aliphatic rings. The average molecular weight is 162 g/mol. The molecular formula is C9H10N2O. The van der Waals surface area contributed by atoms with Gasteiger partial charge in [0.15, 0.2) is 0 Å². The van der Waals surface area contributed by atoms with Gasteiger partial charge in [-0.25, -0.2) is 0 Å². The SMILES string of the molecule is C=Nc1ccccc1NC(C)=O. The lowest BCUT2D eigenvalue weighted by Gasteiger charge is -2.03. The van der Waals surface area contributed by atoms with Crippen LogP contribution in [0.5, 0.6) is 0 Å². The van der Waals surface area contributed by atoms with Gasteiger partial charge in [-0.2, -0.15) is 0 Å². The normalized spacial score (nSPS) is 9.08. The topological polar surface area (TPSA) is 41.5 Å². The van der Waals surface area contributed by atoms with Crippen LogP contribution in [0.25, 0.3) is 0 Å². The van der Waals surface area contributed by atoms with E-state index in [-0.39, 0.29) is 5.91 Å². The molecule has 1 aromatic carbocycles. The lowest BCUT2D eigenvalue weighted by atomic mass is 10.2. The molecule has 0 saturated carbocycles. The molecule has 0 heterocycles. The number of hydrogen-bond donors (Lipinski definition) is 1. The van der Waals surface area contributed by atoms with Crippen LogP contribution in [0, 0.1) is 0 Å². The second-order valence-electron chi connectivity index (χ2n) is 2.36. The van der Waals surface area contributed by atoms with Crippen molar-refractivity contribution in [1.29, 1.82) is 0 Å². The Labute approximate surface area is 71.1 Å². The van der Waals surface area contributed by atoms with E-state index in [0.29, 0.717) is 11.4 Å². The summed E-state index contributed by atoms with van der Waals surface area (Å²) in [5.74, 6) is -0.105. The average Bonchev–Trinajstić information content (AvgIpc) is 2.04. The molecular weight excluding hydrogens is 152 g/mol. The standard InChI is InChI=1S/C9H10N2O/c1-7(12)11-9-6-4-3-5-8(9)10-2/h3-6H,2H2,1H3,(H,11,12). The summed E-state index contributed by atoms with van der Waals surface area (Å²) in [6.07, 6.45) is 0. The number of carbonyl (C=O) groups is 1. The Morgan fingerprint density at radius 1 is 1.50 bits per heavy atom. The van der Waals surface area contributed by atoms with Crippen LogP contribution in [-0.2, 0) is 4.79 Å². The summed E-state index contributed by atoms with van der Waals surface area (Å²) >= 11 is 0. The summed E-state index contributed by atoms with van der Waals surface area (Å²) in [5.41, 5.74) is 1.38.